The van der Waals surface area contributed by atoms with Gasteiger partial charge in [0.05, 0.1) is 25.8 Å². The average molecular weight is 709 g/mol. The number of likely N-dealkylation sites (tertiary alicyclic amines) is 1. The minimum atomic E-state index is -4.35. The Labute approximate surface area is 295 Å². The summed E-state index contributed by atoms with van der Waals surface area (Å²) < 4.78 is 42.8. The monoisotopic (exact) mass is 708 g/mol. The topological polar surface area (TPSA) is 140 Å². The van der Waals surface area contributed by atoms with Gasteiger partial charge in [0.2, 0.25) is 0 Å². The molecule has 0 saturated carbocycles. The minimum absolute atomic E-state index is 0.0200. The third-order valence-electron chi connectivity index (χ3n) is 8.95. The summed E-state index contributed by atoms with van der Waals surface area (Å²) in [6.45, 7) is 3.00. The Morgan fingerprint density at radius 3 is 2.14 bits per heavy atom. The summed E-state index contributed by atoms with van der Waals surface area (Å²) in [5, 5.41) is 22.5. The molecule has 1 atom stereocenters. The van der Waals surface area contributed by atoms with Gasteiger partial charge in [-0.2, -0.15) is 0 Å². The first-order chi connectivity index (χ1) is 24.8. The summed E-state index contributed by atoms with van der Waals surface area (Å²) in [5.41, 5.74) is 3.55. The van der Waals surface area contributed by atoms with Crippen LogP contribution in [0.3, 0.4) is 0 Å². The van der Waals surface area contributed by atoms with Crippen molar-refractivity contribution in [2.45, 2.75) is 38.4 Å². The lowest BCUT2D eigenvalue weighted by atomic mass is 9.86. The zero-order chi connectivity index (χ0) is 35.4. The molecule has 0 spiro atoms. The quantitative estimate of drug-likeness (QED) is 0.0765. The second-order valence-corrected chi connectivity index (χ2v) is 13.9. The van der Waals surface area contributed by atoms with E-state index in [0.29, 0.717) is 17.2 Å². The fraction of sp³-hybridized carbons (Fsp3) is 0.237. The maximum Gasteiger partial charge on any atom is 0.564 e. The fourth-order valence-electron chi connectivity index (χ4n) is 6.57. The molecule has 0 bridgehead atoms. The molecule has 7 rings (SSSR count). The summed E-state index contributed by atoms with van der Waals surface area (Å²) in [6, 6.07) is 31.2. The number of phenolic OH excluding ortho intramolecular Hbond substituents is 1. The van der Waals surface area contributed by atoms with Crippen molar-refractivity contribution in [1.29, 1.82) is 0 Å². The summed E-state index contributed by atoms with van der Waals surface area (Å²) in [5.74, 6) is 0.991. The van der Waals surface area contributed by atoms with E-state index in [0.717, 1.165) is 30.8 Å². The number of para-hydroxylation sites is 2. The van der Waals surface area contributed by atoms with Crippen LogP contribution in [-0.2, 0) is 24.1 Å². The Morgan fingerprint density at radius 1 is 0.902 bits per heavy atom. The van der Waals surface area contributed by atoms with E-state index in [2.05, 4.69) is 17.0 Å². The summed E-state index contributed by atoms with van der Waals surface area (Å²) in [4.78, 5) is 15.3. The van der Waals surface area contributed by atoms with Crippen molar-refractivity contribution < 1.29 is 32.8 Å². The molecular formula is C38H37N4O8P. The van der Waals surface area contributed by atoms with Gasteiger partial charge >= 0.3 is 13.6 Å². The van der Waals surface area contributed by atoms with E-state index in [1.807, 2.05) is 29.2 Å². The summed E-state index contributed by atoms with van der Waals surface area (Å²) in [7, 11) is -2.87. The number of nitro groups is 1. The van der Waals surface area contributed by atoms with E-state index in [9.17, 15) is 19.8 Å². The lowest BCUT2D eigenvalue weighted by molar-refractivity contribution is -0.402. The Kier molecular flexibility index (Phi) is 9.78. The molecule has 1 fully saturated rings. The van der Waals surface area contributed by atoms with Crippen LogP contribution in [0.4, 0.5) is 5.88 Å². The van der Waals surface area contributed by atoms with E-state index in [1.165, 1.54) is 31.6 Å². The number of hydrogen-bond acceptors (Lipinski definition) is 9. The zero-order valence-electron chi connectivity index (χ0n) is 28.0. The van der Waals surface area contributed by atoms with Crippen LogP contribution >= 0.6 is 7.75 Å². The Hall–Kier alpha value is -5.58. The highest BCUT2D eigenvalue weighted by Crippen LogP contribution is 2.52. The summed E-state index contributed by atoms with van der Waals surface area (Å²) >= 11 is 0. The maximum absolute atomic E-state index is 14.8. The molecule has 3 heterocycles. The third-order valence-corrected chi connectivity index (χ3v) is 10.3. The van der Waals surface area contributed by atoms with E-state index in [-0.39, 0.29) is 36.0 Å². The summed E-state index contributed by atoms with van der Waals surface area (Å²) in [6.07, 6.45) is 2.50. The second kappa shape index (κ2) is 14.7. The number of furan rings is 1. The van der Waals surface area contributed by atoms with Gasteiger partial charge in [-0.05, 0) is 90.6 Å². The van der Waals surface area contributed by atoms with E-state index in [4.69, 9.17) is 23.0 Å². The molecule has 2 aliphatic heterocycles. The molecule has 0 amide bonds. The number of phenols is 1. The lowest BCUT2D eigenvalue weighted by Gasteiger charge is -2.40. The first-order valence-electron chi connectivity index (χ1n) is 16.7. The smallest absolute Gasteiger partial charge is 0.504 e. The van der Waals surface area contributed by atoms with Gasteiger partial charge in [-0.15, -0.1) is 4.76 Å². The van der Waals surface area contributed by atoms with Crippen LogP contribution in [0.1, 0.15) is 46.9 Å². The SMILES string of the molecule is COc1cc2c(cc1O)C/C(=N/P(=O)(Oc1ccccc1)Oc1ccccc1)N(Cc1ccc([N+](=O)[O-])o1)C2c1ccc(CN2CCCC2)cc1. The van der Waals surface area contributed by atoms with Gasteiger partial charge in [0, 0.05) is 13.0 Å². The molecule has 262 valence electrons. The molecule has 51 heavy (non-hydrogen) atoms. The number of fused-ring (bicyclic) bond motifs is 1. The number of hydrogen-bond donors (Lipinski definition) is 1. The Morgan fingerprint density at radius 2 is 1.55 bits per heavy atom. The standard InChI is InChI=1S/C38H37N4O8P/c1-47-35-24-33-29(22-34(35)43)23-36(39-51(46,49-30-10-4-2-5-11-30)50-31-12-6-3-7-13-31)41(26-32-18-19-37(48-32)42(44)45)38(33)28-16-14-27(15-17-28)25-40-20-8-9-21-40/h2-7,10-19,22,24,38,43H,8-9,20-21,23,25-26H2,1H3/b39-36-. The molecule has 5 aromatic rings. The van der Waals surface area contributed by atoms with E-state index < -0.39 is 24.6 Å². The average Bonchev–Trinajstić information content (AvgIpc) is 3.82. The maximum atomic E-state index is 14.8. The predicted octanol–water partition coefficient (Wildman–Crippen LogP) is 8.31. The van der Waals surface area contributed by atoms with Crippen LogP contribution in [0.15, 0.2) is 118 Å². The van der Waals surface area contributed by atoms with Gasteiger partial charge in [-0.1, -0.05) is 60.7 Å². The number of ether oxygens (including phenoxy) is 1. The van der Waals surface area contributed by atoms with Crippen LogP contribution in [0, 0.1) is 10.1 Å². The van der Waals surface area contributed by atoms with Crippen molar-refractivity contribution in [3.8, 4) is 23.0 Å². The molecule has 1 N–H and O–H groups in total. The van der Waals surface area contributed by atoms with Crippen molar-refractivity contribution >= 4 is 19.5 Å². The molecule has 1 aromatic heterocycles. The van der Waals surface area contributed by atoms with Crippen LogP contribution in [-0.4, -0.2) is 45.9 Å². The number of aromatic hydroxyl groups is 1. The second-order valence-electron chi connectivity index (χ2n) is 12.4. The molecule has 1 unspecified atom stereocenters. The van der Waals surface area contributed by atoms with Crippen LogP contribution in [0.2, 0.25) is 0 Å². The van der Waals surface area contributed by atoms with Crippen molar-refractivity contribution in [3.05, 3.63) is 147 Å². The number of amidine groups is 1. The lowest BCUT2D eigenvalue weighted by Crippen LogP contribution is -2.40. The van der Waals surface area contributed by atoms with Gasteiger partial charge < -0.3 is 28.2 Å². The minimum Gasteiger partial charge on any atom is -0.504 e. The van der Waals surface area contributed by atoms with Crippen LogP contribution in [0.5, 0.6) is 23.0 Å². The zero-order valence-corrected chi connectivity index (χ0v) is 28.9. The van der Waals surface area contributed by atoms with Crippen LogP contribution in [0.25, 0.3) is 0 Å². The molecule has 1 saturated heterocycles. The van der Waals surface area contributed by atoms with Crippen LogP contribution < -0.4 is 13.8 Å². The van der Waals surface area contributed by atoms with Crippen molar-refractivity contribution in [2.24, 2.45) is 4.76 Å². The molecule has 2 aliphatic rings. The molecule has 13 heteroatoms. The molecule has 0 aliphatic carbocycles. The van der Waals surface area contributed by atoms with Gasteiger partial charge in [0.1, 0.15) is 28.0 Å². The number of benzene rings is 4. The van der Waals surface area contributed by atoms with E-state index >= 15 is 0 Å². The predicted molar refractivity (Wildman–Crippen MR) is 191 cm³/mol. The van der Waals surface area contributed by atoms with Crippen molar-refractivity contribution in [1.82, 2.24) is 9.80 Å². The van der Waals surface area contributed by atoms with Gasteiger partial charge in [0.25, 0.3) is 0 Å². The highest BCUT2D eigenvalue weighted by atomic mass is 31.2. The number of methoxy groups -OCH3 is 1. The number of rotatable bonds is 12. The fourth-order valence-corrected chi connectivity index (χ4v) is 7.94. The van der Waals surface area contributed by atoms with Crippen molar-refractivity contribution in [3.63, 3.8) is 0 Å². The van der Waals surface area contributed by atoms with Gasteiger partial charge in [-0.3, -0.25) is 15.0 Å². The highest BCUT2D eigenvalue weighted by Gasteiger charge is 2.38. The third kappa shape index (κ3) is 7.77. The first kappa shape index (κ1) is 33.9. The normalized spacial score (nSPS) is 16.9. The largest absolute Gasteiger partial charge is 0.564 e. The highest BCUT2D eigenvalue weighted by molar-refractivity contribution is 7.53. The molecule has 0 radical (unpaired) electrons. The Balaban J connectivity index is 1.37. The van der Waals surface area contributed by atoms with Gasteiger partial charge in [-0.25, -0.2) is 4.57 Å². The molecule has 12 nitrogen and oxygen atoms in total. The number of nitrogens with zero attached hydrogens (tertiary/aromatic N) is 4. The van der Waals surface area contributed by atoms with Gasteiger partial charge in [0.15, 0.2) is 11.5 Å². The first-order valence-corrected chi connectivity index (χ1v) is 18.2. The molecular weight excluding hydrogens is 671 g/mol. The van der Waals surface area contributed by atoms with E-state index in [1.54, 1.807) is 66.7 Å². The van der Waals surface area contributed by atoms with Crippen molar-refractivity contribution in [2.75, 3.05) is 20.2 Å². The Bertz CT molecular complexity index is 2020. The molecule has 4 aromatic carbocycles.